The van der Waals surface area contributed by atoms with E-state index in [1.165, 1.54) is 23.2 Å². The Morgan fingerprint density at radius 1 is 1.50 bits per heavy atom. The number of anilines is 1. The molecule has 1 saturated heterocycles. The SMILES string of the molecule is Nc1nc(C(=NO)C(=O)NC2C(=O)N3C(C(=O)O)=CCS[C@@H]23)cs1. The molecule has 5 N–H and O–H groups in total. The molecule has 12 heteroatoms. The van der Waals surface area contributed by atoms with Gasteiger partial charge in [0.05, 0.1) is 0 Å². The van der Waals surface area contributed by atoms with Crippen molar-refractivity contribution in [3.63, 3.8) is 0 Å². The number of hydrogen-bond acceptors (Lipinski definition) is 9. The van der Waals surface area contributed by atoms with Crippen molar-refractivity contribution in [3.8, 4) is 0 Å². The zero-order chi connectivity index (χ0) is 17.4. The van der Waals surface area contributed by atoms with Gasteiger partial charge in [0.15, 0.2) is 10.8 Å². The third kappa shape index (κ3) is 2.59. The van der Waals surface area contributed by atoms with Gasteiger partial charge < -0.3 is 21.4 Å². The molecule has 0 aliphatic carbocycles. The first-order chi connectivity index (χ1) is 11.4. The molecule has 1 aromatic heterocycles. The van der Waals surface area contributed by atoms with Gasteiger partial charge in [0.1, 0.15) is 22.8 Å². The van der Waals surface area contributed by atoms with Gasteiger partial charge in [0.2, 0.25) is 0 Å². The molecular formula is C12H11N5O5S2. The Hall–Kier alpha value is -2.60. The van der Waals surface area contributed by atoms with Gasteiger partial charge in [-0.15, -0.1) is 23.1 Å². The van der Waals surface area contributed by atoms with Crippen molar-refractivity contribution < 1.29 is 24.7 Å². The molecule has 0 radical (unpaired) electrons. The molecule has 0 spiro atoms. The van der Waals surface area contributed by atoms with Gasteiger partial charge in [0.25, 0.3) is 11.8 Å². The quantitative estimate of drug-likeness (QED) is 0.234. The number of hydrogen-bond donors (Lipinski definition) is 4. The highest BCUT2D eigenvalue weighted by molar-refractivity contribution is 8.00. The number of carboxylic acid groups (broad SMARTS) is 1. The normalized spacial score (nSPS) is 23.2. The van der Waals surface area contributed by atoms with E-state index in [1.54, 1.807) is 0 Å². The summed E-state index contributed by atoms with van der Waals surface area (Å²) >= 11 is 2.39. The van der Waals surface area contributed by atoms with E-state index in [-0.39, 0.29) is 22.2 Å². The molecule has 2 aliphatic heterocycles. The topological polar surface area (TPSA) is 158 Å². The fourth-order valence-electron chi connectivity index (χ4n) is 2.36. The number of carbonyl (C=O) groups excluding carboxylic acids is 2. The summed E-state index contributed by atoms with van der Waals surface area (Å²) in [5, 5.41) is 24.6. The van der Waals surface area contributed by atoms with Crippen LogP contribution < -0.4 is 11.1 Å². The van der Waals surface area contributed by atoms with Crippen LogP contribution in [0.1, 0.15) is 5.69 Å². The average molecular weight is 369 g/mol. The summed E-state index contributed by atoms with van der Waals surface area (Å²) in [6.45, 7) is 0. The van der Waals surface area contributed by atoms with E-state index in [1.807, 2.05) is 0 Å². The third-order valence-electron chi connectivity index (χ3n) is 3.43. The Morgan fingerprint density at radius 3 is 2.83 bits per heavy atom. The minimum absolute atomic E-state index is 0.0866. The van der Waals surface area contributed by atoms with E-state index in [9.17, 15) is 14.4 Å². The predicted octanol–water partition coefficient (Wildman–Crippen LogP) is -0.728. The van der Waals surface area contributed by atoms with E-state index < -0.39 is 29.2 Å². The van der Waals surface area contributed by atoms with Crippen LogP contribution in [-0.4, -0.2) is 60.9 Å². The number of oxime groups is 1. The van der Waals surface area contributed by atoms with Gasteiger partial charge in [0, 0.05) is 11.1 Å². The van der Waals surface area contributed by atoms with Crippen molar-refractivity contribution in [2.75, 3.05) is 11.5 Å². The smallest absolute Gasteiger partial charge is 0.352 e. The van der Waals surface area contributed by atoms with Crippen molar-refractivity contribution >= 4 is 51.7 Å². The number of fused-ring (bicyclic) bond motifs is 1. The number of nitrogens with two attached hydrogens (primary N) is 1. The minimum atomic E-state index is -1.20. The fraction of sp³-hybridized carbons (Fsp3) is 0.250. The summed E-state index contributed by atoms with van der Waals surface area (Å²) in [5.41, 5.74) is 5.09. The molecule has 24 heavy (non-hydrogen) atoms. The number of aliphatic carboxylic acids is 1. The number of amides is 2. The Labute approximate surface area is 143 Å². The molecule has 1 aromatic rings. The van der Waals surface area contributed by atoms with Crippen molar-refractivity contribution in [3.05, 3.63) is 22.8 Å². The number of nitrogen functional groups attached to an aromatic ring is 1. The third-order valence-corrected chi connectivity index (χ3v) is 5.29. The van der Waals surface area contributed by atoms with E-state index in [4.69, 9.17) is 16.0 Å². The lowest BCUT2D eigenvalue weighted by Gasteiger charge is -2.48. The molecule has 2 amide bonds. The van der Waals surface area contributed by atoms with Crippen molar-refractivity contribution in [1.29, 1.82) is 0 Å². The second-order valence-corrected chi connectivity index (χ2v) is 6.84. The number of carbonyl (C=O) groups is 3. The lowest BCUT2D eigenvalue weighted by molar-refractivity contribution is -0.150. The number of β-lactam (4-membered cyclic amide) rings is 1. The van der Waals surface area contributed by atoms with Crippen LogP contribution in [0.5, 0.6) is 0 Å². The molecule has 0 bridgehead atoms. The van der Waals surface area contributed by atoms with Crippen LogP contribution in [0.25, 0.3) is 0 Å². The standard InChI is InChI=1S/C12H11N5O5S2/c13-12-14-4(3-24-12)6(16-22)8(18)15-7-9(19)17-5(11(20)21)1-2-23-10(7)17/h1,3,7,10,22H,2H2,(H2,13,14)(H,15,18)(H,20,21)/t7?,10-/m0/s1. The second kappa shape index (κ2) is 6.13. The maximum absolute atomic E-state index is 12.2. The van der Waals surface area contributed by atoms with E-state index in [0.717, 1.165) is 16.2 Å². The Kier molecular flexibility index (Phi) is 4.15. The van der Waals surface area contributed by atoms with Crippen molar-refractivity contribution in [1.82, 2.24) is 15.2 Å². The molecular weight excluding hydrogens is 358 g/mol. The molecule has 10 nitrogen and oxygen atoms in total. The summed E-state index contributed by atoms with van der Waals surface area (Å²) < 4.78 is 0. The Balaban J connectivity index is 1.73. The summed E-state index contributed by atoms with van der Waals surface area (Å²) in [7, 11) is 0. The van der Waals surface area contributed by atoms with Gasteiger partial charge >= 0.3 is 5.97 Å². The fourth-order valence-corrected chi connectivity index (χ4v) is 4.10. The summed E-state index contributed by atoms with van der Waals surface area (Å²) in [4.78, 5) is 40.5. The number of thiazole rings is 1. The van der Waals surface area contributed by atoms with Crippen molar-refractivity contribution in [2.45, 2.75) is 11.4 Å². The molecule has 3 heterocycles. The van der Waals surface area contributed by atoms with Gasteiger partial charge in [-0.25, -0.2) is 9.78 Å². The highest BCUT2D eigenvalue weighted by Gasteiger charge is 2.53. The van der Waals surface area contributed by atoms with Crippen LogP contribution in [0, 0.1) is 0 Å². The zero-order valence-corrected chi connectivity index (χ0v) is 13.5. The number of aromatic nitrogens is 1. The van der Waals surface area contributed by atoms with Gasteiger partial charge in [-0.1, -0.05) is 5.16 Å². The number of thioether (sulfide) groups is 1. The number of rotatable bonds is 4. The molecule has 2 atom stereocenters. The molecule has 0 aromatic carbocycles. The first kappa shape index (κ1) is 16.3. The number of nitrogens with zero attached hydrogens (tertiary/aromatic N) is 3. The van der Waals surface area contributed by atoms with Gasteiger partial charge in [-0.05, 0) is 6.08 Å². The van der Waals surface area contributed by atoms with Crippen molar-refractivity contribution in [2.24, 2.45) is 5.16 Å². The summed E-state index contributed by atoms with van der Waals surface area (Å²) in [6.07, 6.45) is 1.44. The first-order valence-electron chi connectivity index (χ1n) is 6.56. The largest absolute Gasteiger partial charge is 0.477 e. The highest BCUT2D eigenvalue weighted by Crippen LogP contribution is 2.37. The molecule has 2 aliphatic rings. The summed E-state index contributed by atoms with van der Waals surface area (Å²) in [6, 6.07) is -0.904. The Bertz CT molecular complexity index is 789. The minimum Gasteiger partial charge on any atom is -0.477 e. The average Bonchev–Trinajstić information content (AvgIpc) is 2.98. The number of carboxylic acids is 1. The van der Waals surface area contributed by atoms with Crippen LogP contribution in [0.4, 0.5) is 5.13 Å². The van der Waals surface area contributed by atoms with Gasteiger partial charge in [-0.2, -0.15) is 0 Å². The lowest BCUT2D eigenvalue weighted by atomic mass is 10.0. The van der Waals surface area contributed by atoms with E-state index in [2.05, 4.69) is 15.5 Å². The van der Waals surface area contributed by atoms with Crippen LogP contribution >= 0.6 is 23.1 Å². The van der Waals surface area contributed by atoms with Crippen LogP contribution in [-0.2, 0) is 14.4 Å². The van der Waals surface area contributed by atoms with E-state index in [0.29, 0.717) is 5.75 Å². The number of nitrogens with one attached hydrogen (secondary N) is 1. The molecule has 0 saturated carbocycles. The molecule has 1 fully saturated rings. The molecule has 126 valence electrons. The first-order valence-corrected chi connectivity index (χ1v) is 8.49. The summed E-state index contributed by atoms with van der Waals surface area (Å²) in [5.74, 6) is -2.13. The van der Waals surface area contributed by atoms with Crippen LogP contribution in [0.2, 0.25) is 0 Å². The monoisotopic (exact) mass is 369 g/mol. The maximum atomic E-state index is 12.2. The zero-order valence-electron chi connectivity index (χ0n) is 11.9. The maximum Gasteiger partial charge on any atom is 0.352 e. The van der Waals surface area contributed by atoms with E-state index >= 15 is 0 Å². The molecule has 1 unspecified atom stereocenters. The highest BCUT2D eigenvalue weighted by atomic mass is 32.2. The Morgan fingerprint density at radius 2 is 2.25 bits per heavy atom. The van der Waals surface area contributed by atoms with Crippen LogP contribution in [0.15, 0.2) is 22.3 Å². The molecule has 3 rings (SSSR count). The lowest BCUT2D eigenvalue weighted by Crippen LogP contribution is -2.70. The van der Waals surface area contributed by atoms with Gasteiger partial charge in [-0.3, -0.25) is 14.5 Å². The predicted molar refractivity (Wildman–Crippen MR) is 85.6 cm³/mol. The van der Waals surface area contributed by atoms with Crippen LogP contribution in [0.3, 0.4) is 0 Å². The second-order valence-electron chi connectivity index (χ2n) is 4.80.